The van der Waals surface area contributed by atoms with Gasteiger partial charge in [-0.05, 0) is 30.7 Å². The first kappa shape index (κ1) is 15.5. The van der Waals surface area contributed by atoms with Crippen LogP contribution in [0.1, 0.15) is 18.5 Å². The molecule has 21 heavy (non-hydrogen) atoms. The Morgan fingerprint density at radius 1 is 1.24 bits per heavy atom. The molecule has 5 heteroatoms. The van der Waals surface area contributed by atoms with E-state index in [0.717, 1.165) is 11.6 Å². The van der Waals surface area contributed by atoms with Gasteiger partial charge in [0.2, 0.25) is 5.91 Å². The van der Waals surface area contributed by atoms with Gasteiger partial charge in [0.05, 0.1) is 17.3 Å². The van der Waals surface area contributed by atoms with E-state index in [-0.39, 0.29) is 23.5 Å². The molecule has 0 aromatic heterocycles. The molecular weight excluding hydrogens is 291 g/mol. The molecule has 2 N–H and O–H groups in total. The summed E-state index contributed by atoms with van der Waals surface area (Å²) in [7, 11) is 0. The van der Waals surface area contributed by atoms with Gasteiger partial charge in [0.1, 0.15) is 5.82 Å². The molecule has 0 aliphatic rings. The van der Waals surface area contributed by atoms with Crippen LogP contribution < -0.4 is 10.6 Å². The van der Waals surface area contributed by atoms with E-state index in [0.29, 0.717) is 5.69 Å². The van der Waals surface area contributed by atoms with Crippen LogP contribution in [0.15, 0.2) is 48.5 Å². The van der Waals surface area contributed by atoms with Crippen molar-refractivity contribution in [3.05, 3.63) is 64.9 Å². The summed E-state index contributed by atoms with van der Waals surface area (Å²) in [6.45, 7) is 2.12. The highest BCUT2D eigenvalue weighted by atomic mass is 35.5. The van der Waals surface area contributed by atoms with Crippen molar-refractivity contribution in [1.29, 1.82) is 0 Å². The summed E-state index contributed by atoms with van der Waals surface area (Å²) in [5.74, 6) is -0.667. The van der Waals surface area contributed by atoms with Gasteiger partial charge >= 0.3 is 0 Å². The zero-order chi connectivity index (χ0) is 15.2. The van der Waals surface area contributed by atoms with Crippen LogP contribution in [0.25, 0.3) is 0 Å². The molecule has 0 saturated carbocycles. The van der Waals surface area contributed by atoms with E-state index in [1.807, 2.05) is 37.3 Å². The molecule has 1 amide bonds. The van der Waals surface area contributed by atoms with Crippen LogP contribution in [0.4, 0.5) is 10.1 Å². The topological polar surface area (TPSA) is 41.1 Å². The van der Waals surface area contributed by atoms with Crippen LogP contribution >= 0.6 is 11.6 Å². The van der Waals surface area contributed by atoms with Gasteiger partial charge < -0.3 is 10.6 Å². The summed E-state index contributed by atoms with van der Waals surface area (Å²) in [5, 5.41) is 5.94. The average molecular weight is 307 g/mol. The van der Waals surface area contributed by atoms with Crippen LogP contribution in [-0.2, 0) is 4.79 Å². The average Bonchev–Trinajstić information content (AvgIpc) is 2.48. The van der Waals surface area contributed by atoms with Gasteiger partial charge in [0.15, 0.2) is 0 Å². The number of halogens is 2. The van der Waals surface area contributed by atoms with E-state index in [4.69, 9.17) is 11.6 Å². The largest absolute Gasteiger partial charge is 0.324 e. The molecule has 3 nitrogen and oxygen atoms in total. The number of carbonyl (C=O) groups excluding carboxylic acids is 1. The van der Waals surface area contributed by atoms with Crippen LogP contribution in [0, 0.1) is 5.82 Å². The van der Waals surface area contributed by atoms with Crippen molar-refractivity contribution in [2.45, 2.75) is 13.0 Å². The number of hydrogen-bond acceptors (Lipinski definition) is 2. The van der Waals surface area contributed by atoms with Gasteiger partial charge in [-0.15, -0.1) is 0 Å². The second-order valence-electron chi connectivity index (χ2n) is 4.69. The predicted molar refractivity (Wildman–Crippen MR) is 82.9 cm³/mol. The molecule has 0 spiro atoms. The highest BCUT2D eigenvalue weighted by Crippen LogP contribution is 2.22. The fraction of sp³-hybridized carbons (Fsp3) is 0.188. The molecule has 2 rings (SSSR count). The van der Waals surface area contributed by atoms with Gasteiger partial charge in [-0.25, -0.2) is 4.39 Å². The Morgan fingerprint density at radius 3 is 2.62 bits per heavy atom. The van der Waals surface area contributed by atoms with Gasteiger partial charge in [-0.2, -0.15) is 0 Å². The third-order valence-electron chi connectivity index (χ3n) is 3.07. The SMILES string of the molecule is C[C@H](NCC(=O)Nc1ccc(F)cc1Cl)c1ccccc1. The maximum absolute atomic E-state index is 12.9. The Balaban J connectivity index is 1.87. The van der Waals surface area contributed by atoms with E-state index in [2.05, 4.69) is 10.6 Å². The van der Waals surface area contributed by atoms with E-state index in [1.165, 1.54) is 12.1 Å². The van der Waals surface area contributed by atoms with Crippen molar-refractivity contribution in [1.82, 2.24) is 5.32 Å². The number of nitrogens with one attached hydrogen (secondary N) is 2. The number of rotatable bonds is 5. The first-order valence-electron chi connectivity index (χ1n) is 6.59. The molecular formula is C16H16ClFN2O. The molecule has 0 heterocycles. The van der Waals surface area contributed by atoms with Crippen LogP contribution in [-0.4, -0.2) is 12.5 Å². The van der Waals surface area contributed by atoms with Crippen LogP contribution in [0.5, 0.6) is 0 Å². The molecule has 110 valence electrons. The second kappa shape index (κ2) is 7.20. The summed E-state index contributed by atoms with van der Waals surface area (Å²) in [6, 6.07) is 13.7. The Bertz CT molecular complexity index is 619. The highest BCUT2D eigenvalue weighted by Gasteiger charge is 2.09. The monoisotopic (exact) mass is 306 g/mol. The Hall–Kier alpha value is -1.91. The molecule has 2 aromatic rings. The van der Waals surface area contributed by atoms with E-state index in [9.17, 15) is 9.18 Å². The Morgan fingerprint density at radius 2 is 1.95 bits per heavy atom. The van der Waals surface area contributed by atoms with E-state index in [1.54, 1.807) is 0 Å². The van der Waals surface area contributed by atoms with Crippen molar-refractivity contribution >= 4 is 23.2 Å². The zero-order valence-corrected chi connectivity index (χ0v) is 12.3. The minimum Gasteiger partial charge on any atom is -0.324 e. The summed E-state index contributed by atoms with van der Waals surface area (Å²) < 4.78 is 12.9. The molecule has 0 bridgehead atoms. The predicted octanol–water partition coefficient (Wildman–Crippen LogP) is 3.77. The smallest absolute Gasteiger partial charge is 0.238 e. The summed E-state index contributed by atoms with van der Waals surface area (Å²) in [4.78, 5) is 11.9. The van der Waals surface area contributed by atoms with Crippen molar-refractivity contribution in [3.63, 3.8) is 0 Å². The fourth-order valence-electron chi connectivity index (χ4n) is 1.89. The van der Waals surface area contributed by atoms with Gasteiger partial charge in [0, 0.05) is 6.04 Å². The molecule has 0 radical (unpaired) electrons. The summed E-state index contributed by atoms with van der Waals surface area (Å²) in [6.07, 6.45) is 0. The third-order valence-corrected chi connectivity index (χ3v) is 3.39. The van der Waals surface area contributed by atoms with Crippen LogP contribution in [0.2, 0.25) is 5.02 Å². The van der Waals surface area contributed by atoms with Crippen molar-refractivity contribution in [3.8, 4) is 0 Å². The molecule has 2 aromatic carbocycles. The van der Waals surface area contributed by atoms with E-state index < -0.39 is 5.82 Å². The molecule has 1 atom stereocenters. The second-order valence-corrected chi connectivity index (χ2v) is 5.09. The van der Waals surface area contributed by atoms with Crippen LogP contribution in [0.3, 0.4) is 0 Å². The minimum absolute atomic E-state index is 0.0561. The normalized spacial score (nSPS) is 12.0. The molecule has 0 saturated heterocycles. The first-order valence-corrected chi connectivity index (χ1v) is 6.97. The summed E-state index contributed by atoms with van der Waals surface area (Å²) in [5.41, 5.74) is 1.50. The molecule has 0 aliphatic heterocycles. The van der Waals surface area contributed by atoms with Crippen molar-refractivity contribution in [2.75, 3.05) is 11.9 Å². The number of benzene rings is 2. The van der Waals surface area contributed by atoms with Gasteiger partial charge in [-0.1, -0.05) is 41.9 Å². The number of amides is 1. The lowest BCUT2D eigenvalue weighted by Crippen LogP contribution is -2.30. The summed E-state index contributed by atoms with van der Waals surface area (Å²) >= 11 is 5.86. The standard InChI is InChI=1S/C16H16ClFN2O/c1-11(12-5-3-2-4-6-12)19-10-16(21)20-15-8-7-13(18)9-14(15)17/h2-9,11,19H,10H2,1H3,(H,20,21)/t11-/m0/s1. The van der Waals surface area contributed by atoms with E-state index >= 15 is 0 Å². The highest BCUT2D eigenvalue weighted by molar-refractivity contribution is 6.33. The Kier molecular flexibility index (Phi) is 5.31. The number of anilines is 1. The third kappa shape index (κ3) is 4.55. The van der Waals surface area contributed by atoms with Gasteiger partial charge in [-0.3, -0.25) is 4.79 Å². The number of carbonyl (C=O) groups is 1. The van der Waals surface area contributed by atoms with Crippen molar-refractivity contribution in [2.24, 2.45) is 0 Å². The van der Waals surface area contributed by atoms with Gasteiger partial charge in [0.25, 0.3) is 0 Å². The Labute approximate surface area is 128 Å². The molecule has 0 fully saturated rings. The number of hydrogen-bond donors (Lipinski definition) is 2. The lowest BCUT2D eigenvalue weighted by Gasteiger charge is -2.14. The van der Waals surface area contributed by atoms with Crippen molar-refractivity contribution < 1.29 is 9.18 Å². The molecule has 0 aliphatic carbocycles. The first-order chi connectivity index (χ1) is 10.1. The zero-order valence-electron chi connectivity index (χ0n) is 11.6. The maximum Gasteiger partial charge on any atom is 0.238 e. The lowest BCUT2D eigenvalue weighted by molar-refractivity contribution is -0.115. The quantitative estimate of drug-likeness (QED) is 0.883. The molecule has 0 unspecified atom stereocenters. The fourth-order valence-corrected chi connectivity index (χ4v) is 2.11. The lowest BCUT2D eigenvalue weighted by atomic mass is 10.1. The maximum atomic E-state index is 12.9. The minimum atomic E-state index is -0.436.